The number of aliphatic carboxylic acids is 1. The number of nitrogens with one attached hydrogen (secondary N) is 4. The summed E-state index contributed by atoms with van der Waals surface area (Å²) in [6.07, 6.45) is -4.86. The average Bonchev–Trinajstić information content (AvgIpc) is 3.46. The van der Waals surface area contributed by atoms with Crippen molar-refractivity contribution in [1.82, 2.24) is 25.6 Å². The molecule has 15 nitrogen and oxygen atoms in total. The summed E-state index contributed by atoms with van der Waals surface area (Å²) in [7, 11) is -4.81. The summed E-state index contributed by atoms with van der Waals surface area (Å²) >= 11 is 5.53. The van der Waals surface area contributed by atoms with Crippen LogP contribution in [0.25, 0.3) is 0 Å². The van der Waals surface area contributed by atoms with Crippen molar-refractivity contribution in [1.29, 1.82) is 0 Å². The standard InChI is InChI=1S/C32H46ClF3N6O9S/c1-17(2)13-23(28(46)40-27(31(3,4)5)29(47)42-12-6-7-18(42)14-24(37)43)39-26(45)16-38-25(44)11-10-22(30(48)49)41-52(50,51)19-8-9-21(33)20(15-19)32(34,35)36/h8-9,15,17-18,22-23,27,41H,6-7,10-14,16H2,1-5H3,(H2,37,43)(H,38,44)(H,39,45)(H,40,46)(H,48,49)/t18-,22-,23-,27+/m0/s1. The number of primary amides is 1. The molecule has 52 heavy (non-hydrogen) atoms. The van der Waals surface area contributed by atoms with Crippen LogP contribution in [0, 0.1) is 11.3 Å². The normalized spacial score (nSPS) is 16.9. The number of amides is 5. The number of likely N-dealkylation sites (tertiary alicyclic amines) is 1. The number of nitrogens with zero attached hydrogens (tertiary/aromatic N) is 1. The Balaban J connectivity index is 2.05. The molecule has 4 atom stereocenters. The summed E-state index contributed by atoms with van der Waals surface area (Å²) in [6, 6.07) is -2.78. The fourth-order valence-electron chi connectivity index (χ4n) is 5.50. The quantitative estimate of drug-likeness (QED) is 0.135. The lowest BCUT2D eigenvalue weighted by atomic mass is 9.85. The Morgan fingerprint density at radius 2 is 1.67 bits per heavy atom. The Labute approximate surface area is 305 Å². The predicted octanol–water partition coefficient (Wildman–Crippen LogP) is 1.91. The van der Waals surface area contributed by atoms with Crippen LogP contribution in [-0.2, 0) is 45.0 Å². The smallest absolute Gasteiger partial charge is 0.417 e. The van der Waals surface area contributed by atoms with E-state index < -0.39 is 116 Å². The Bertz CT molecular complexity index is 1620. The summed E-state index contributed by atoms with van der Waals surface area (Å²) < 4.78 is 66.8. The topological polar surface area (TPSA) is 234 Å². The number of benzene rings is 1. The first kappa shape index (κ1) is 44.2. The Morgan fingerprint density at radius 1 is 1.04 bits per heavy atom. The van der Waals surface area contributed by atoms with Crippen molar-refractivity contribution < 1.29 is 55.5 Å². The van der Waals surface area contributed by atoms with Crippen molar-refractivity contribution in [2.45, 2.75) is 108 Å². The van der Waals surface area contributed by atoms with Crippen LogP contribution in [0.5, 0.6) is 0 Å². The molecule has 1 aliphatic rings. The molecule has 1 fully saturated rings. The third-order valence-corrected chi connectivity index (χ3v) is 9.91. The van der Waals surface area contributed by atoms with Gasteiger partial charge in [-0.25, -0.2) is 8.42 Å². The molecule has 0 unspecified atom stereocenters. The SMILES string of the molecule is CC(C)C[C@H](NC(=O)CNC(=O)CC[C@H](NS(=O)(=O)c1ccc(Cl)c(C(F)(F)F)c1)C(=O)O)C(=O)N[C@H](C(=O)N1CCC[C@H]1CC(N)=O)C(C)(C)C. The van der Waals surface area contributed by atoms with Crippen LogP contribution < -0.4 is 26.4 Å². The minimum Gasteiger partial charge on any atom is -0.480 e. The molecule has 0 saturated carbocycles. The number of alkyl halides is 3. The maximum Gasteiger partial charge on any atom is 0.417 e. The van der Waals surface area contributed by atoms with E-state index >= 15 is 0 Å². The van der Waals surface area contributed by atoms with E-state index in [-0.39, 0.29) is 24.8 Å². The zero-order chi connectivity index (χ0) is 39.8. The molecule has 1 saturated heterocycles. The van der Waals surface area contributed by atoms with Crippen molar-refractivity contribution in [2.24, 2.45) is 17.1 Å². The van der Waals surface area contributed by atoms with Crippen LogP contribution in [0.1, 0.15) is 78.7 Å². The largest absolute Gasteiger partial charge is 0.480 e. The van der Waals surface area contributed by atoms with E-state index in [0.717, 1.165) is 6.07 Å². The molecule has 1 aromatic carbocycles. The van der Waals surface area contributed by atoms with Gasteiger partial charge in [0.15, 0.2) is 0 Å². The summed E-state index contributed by atoms with van der Waals surface area (Å²) in [5, 5.41) is 16.3. The van der Waals surface area contributed by atoms with E-state index in [1.54, 1.807) is 39.3 Å². The van der Waals surface area contributed by atoms with Gasteiger partial charge in [0.25, 0.3) is 0 Å². The maximum atomic E-state index is 13.6. The molecule has 0 spiro atoms. The maximum absolute atomic E-state index is 13.6. The van der Waals surface area contributed by atoms with E-state index in [2.05, 4.69) is 16.0 Å². The van der Waals surface area contributed by atoms with Crippen LogP contribution in [0.15, 0.2) is 23.1 Å². The second kappa shape index (κ2) is 18.2. The van der Waals surface area contributed by atoms with Crippen molar-refractivity contribution in [3.63, 3.8) is 0 Å². The Kier molecular flexibility index (Phi) is 15.5. The molecular weight excluding hydrogens is 737 g/mol. The summed E-state index contributed by atoms with van der Waals surface area (Å²) in [5.41, 5.74) is 3.14. The molecule has 1 aromatic rings. The molecule has 292 valence electrons. The number of halogens is 4. The van der Waals surface area contributed by atoms with E-state index in [0.29, 0.717) is 25.5 Å². The van der Waals surface area contributed by atoms with Gasteiger partial charge in [-0.3, -0.25) is 28.8 Å². The van der Waals surface area contributed by atoms with Crippen molar-refractivity contribution in [3.05, 3.63) is 28.8 Å². The highest BCUT2D eigenvalue weighted by Gasteiger charge is 2.41. The van der Waals surface area contributed by atoms with E-state index in [9.17, 15) is 55.5 Å². The number of sulfonamides is 1. The molecule has 0 aromatic heterocycles. The lowest BCUT2D eigenvalue weighted by molar-refractivity contribution is -0.141. The first-order valence-electron chi connectivity index (χ1n) is 16.4. The monoisotopic (exact) mass is 782 g/mol. The molecule has 5 amide bonds. The van der Waals surface area contributed by atoms with E-state index in [4.69, 9.17) is 17.3 Å². The molecule has 1 aliphatic heterocycles. The minimum absolute atomic E-state index is 0.0175. The highest BCUT2D eigenvalue weighted by Crippen LogP contribution is 2.36. The van der Waals surface area contributed by atoms with Crippen LogP contribution in [-0.4, -0.2) is 91.2 Å². The second-order valence-corrected chi connectivity index (χ2v) is 16.1. The minimum atomic E-state index is -4.99. The van der Waals surface area contributed by atoms with Crippen molar-refractivity contribution in [2.75, 3.05) is 13.1 Å². The van der Waals surface area contributed by atoms with Gasteiger partial charge in [0.1, 0.15) is 18.1 Å². The first-order chi connectivity index (χ1) is 23.8. The fraction of sp³-hybridized carbons (Fsp3) is 0.625. The molecule has 0 bridgehead atoms. The third kappa shape index (κ3) is 13.2. The summed E-state index contributed by atoms with van der Waals surface area (Å²) in [4.78, 5) is 76.4. The number of rotatable bonds is 17. The van der Waals surface area contributed by atoms with E-state index in [1.807, 2.05) is 0 Å². The Morgan fingerprint density at radius 3 is 2.21 bits per heavy atom. The van der Waals surface area contributed by atoms with Gasteiger partial charge >= 0.3 is 12.1 Å². The number of hydrogen-bond acceptors (Lipinski definition) is 8. The van der Waals surface area contributed by atoms with Gasteiger partial charge in [-0.05, 0) is 55.2 Å². The van der Waals surface area contributed by atoms with Crippen LogP contribution >= 0.6 is 11.6 Å². The number of carboxylic acids is 1. The van der Waals surface area contributed by atoms with Crippen LogP contribution in [0.3, 0.4) is 0 Å². The lowest BCUT2D eigenvalue weighted by Crippen LogP contribution is -2.59. The van der Waals surface area contributed by atoms with Gasteiger partial charge in [0.05, 0.1) is 22.0 Å². The second-order valence-electron chi connectivity index (χ2n) is 14.0. The van der Waals surface area contributed by atoms with Gasteiger partial charge in [0, 0.05) is 25.4 Å². The predicted molar refractivity (Wildman–Crippen MR) is 182 cm³/mol. The fourth-order valence-corrected chi connectivity index (χ4v) is 6.97. The number of carbonyl (C=O) groups is 6. The lowest BCUT2D eigenvalue weighted by Gasteiger charge is -2.36. The summed E-state index contributed by atoms with van der Waals surface area (Å²) in [6.45, 7) is 8.59. The molecule has 1 heterocycles. The number of carbonyl (C=O) groups excluding carboxylic acids is 5. The number of hydrogen-bond donors (Lipinski definition) is 6. The first-order valence-corrected chi connectivity index (χ1v) is 18.3. The summed E-state index contributed by atoms with van der Waals surface area (Å²) in [5.74, 6) is -5.10. The molecule has 20 heteroatoms. The Hall–Kier alpha value is -3.97. The van der Waals surface area contributed by atoms with Gasteiger partial charge in [-0.1, -0.05) is 46.2 Å². The van der Waals surface area contributed by atoms with Crippen LogP contribution in [0.4, 0.5) is 13.2 Å². The van der Waals surface area contributed by atoms with Gasteiger partial charge in [0.2, 0.25) is 39.6 Å². The highest BCUT2D eigenvalue weighted by molar-refractivity contribution is 7.89. The highest BCUT2D eigenvalue weighted by atomic mass is 35.5. The number of carboxylic acid groups (broad SMARTS) is 1. The molecular formula is C32H46ClF3N6O9S. The average molecular weight is 783 g/mol. The molecule has 0 radical (unpaired) electrons. The van der Waals surface area contributed by atoms with Gasteiger partial charge in [-0.2, -0.15) is 17.9 Å². The van der Waals surface area contributed by atoms with E-state index in [1.165, 1.54) is 4.90 Å². The number of nitrogens with two attached hydrogens (primary N) is 1. The van der Waals surface area contributed by atoms with Gasteiger partial charge in [-0.15, -0.1) is 0 Å². The van der Waals surface area contributed by atoms with Crippen molar-refractivity contribution in [3.8, 4) is 0 Å². The zero-order valence-electron chi connectivity index (χ0n) is 29.4. The molecule has 0 aliphatic carbocycles. The molecule has 7 N–H and O–H groups in total. The van der Waals surface area contributed by atoms with Crippen molar-refractivity contribution >= 4 is 57.1 Å². The van der Waals surface area contributed by atoms with Gasteiger partial charge < -0.3 is 31.7 Å². The third-order valence-electron chi connectivity index (χ3n) is 8.11. The molecule has 2 rings (SSSR count). The zero-order valence-corrected chi connectivity index (χ0v) is 31.0. The van der Waals surface area contributed by atoms with Crippen LogP contribution in [0.2, 0.25) is 5.02 Å².